The molecule has 1 aliphatic carbocycles. The molecule has 2 aliphatic rings. The van der Waals surface area contributed by atoms with Gasteiger partial charge in [0, 0.05) is 11.3 Å². The molecule has 0 radical (unpaired) electrons. The molecule has 0 spiro atoms. The third kappa shape index (κ3) is 1.58. The van der Waals surface area contributed by atoms with Crippen LogP contribution in [0.15, 0.2) is 29.1 Å². The van der Waals surface area contributed by atoms with Crippen LogP contribution in [-0.4, -0.2) is 8.76 Å². The van der Waals surface area contributed by atoms with Crippen molar-refractivity contribution in [1.29, 1.82) is 0 Å². The van der Waals surface area contributed by atoms with Gasteiger partial charge in [-0.05, 0) is 29.7 Å². The Morgan fingerprint density at radius 2 is 2.29 bits per heavy atom. The zero-order valence-electron chi connectivity index (χ0n) is 7.65. The van der Waals surface area contributed by atoms with E-state index in [1.165, 1.54) is 0 Å². The summed E-state index contributed by atoms with van der Waals surface area (Å²) in [5.41, 5.74) is 3.82. The summed E-state index contributed by atoms with van der Waals surface area (Å²) in [6.45, 7) is 1.96. The van der Waals surface area contributed by atoms with Gasteiger partial charge in [-0.2, -0.15) is 0 Å². The number of rotatable bonds is 2. The van der Waals surface area contributed by atoms with Crippen molar-refractivity contribution < 1.29 is 13.2 Å². The van der Waals surface area contributed by atoms with Gasteiger partial charge < -0.3 is 8.97 Å². The minimum Gasteiger partial charge on any atom is -0.772 e. The number of fused-ring (bicyclic) bond motifs is 1. The molecule has 0 saturated carbocycles. The van der Waals surface area contributed by atoms with E-state index in [1.54, 1.807) is 12.5 Å². The van der Waals surface area contributed by atoms with Gasteiger partial charge in [0.05, 0.1) is 12.5 Å². The Kier molecular flexibility index (Phi) is 2.39. The predicted octanol–water partition coefficient (Wildman–Crippen LogP) is 2.07. The molecule has 14 heavy (non-hydrogen) atoms. The quantitative estimate of drug-likeness (QED) is 0.711. The SMILES string of the molecule is Cc1cc(CS(=O)[O-])c2coccc1-2. The van der Waals surface area contributed by atoms with Crippen molar-refractivity contribution in [2.75, 3.05) is 0 Å². The highest BCUT2D eigenvalue weighted by atomic mass is 32.2. The highest BCUT2D eigenvalue weighted by Crippen LogP contribution is 2.32. The van der Waals surface area contributed by atoms with E-state index in [1.807, 2.05) is 19.1 Å². The van der Waals surface area contributed by atoms with E-state index >= 15 is 0 Å². The minimum atomic E-state index is -2.05. The molecule has 1 aliphatic heterocycles. The van der Waals surface area contributed by atoms with Gasteiger partial charge in [-0.15, -0.1) is 0 Å². The summed E-state index contributed by atoms with van der Waals surface area (Å²) in [4.78, 5) is 0. The van der Waals surface area contributed by atoms with Crippen LogP contribution in [0.4, 0.5) is 0 Å². The molecule has 3 nitrogen and oxygen atoms in total. The maximum atomic E-state index is 10.6. The van der Waals surface area contributed by atoms with E-state index in [2.05, 4.69) is 0 Å². The van der Waals surface area contributed by atoms with Gasteiger partial charge in [0.1, 0.15) is 0 Å². The monoisotopic (exact) mass is 209 g/mol. The first-order chi connectivity index (χ1) is 6.68. The molecule has 1 unspecified atom stereocenters. The third-order valence-corrected chi connectivity index (χ3v) is 2.77. The maximum absolute atomic E-state index is 10.6. The molecule has 0 bridgehead atoms. The zero-order chi connectivity index (χ0) is 10.1. The predicted molar refractivity (Wildman–Crippen MR) is 52.7 cm³/mol. The first kappa shape index (κ1) is 9.43. The first-order valence-corrected chi connectivity index (χ1v) is 5.43. The van der Waals surface area contributed by atoms with Crippen molar-refractivity contribution in [2.24, 2.45) is 0 Å². The van der Waals surface area contributed by atoms with Gasteiger partial charge in [0.15, 0.2) is 0 Å². The summed E-state index contributed by atoms with van der Waals surface area (Å²) in [5, 5.41) is 0. The molecule has 2 rings (SSSR count). The lowest BCUT2D eigenvalue weighted by Crippen LogP contribution is -1.92. The van der Waals surface area contributed by atoms with Crippen LogP contribution in [0.1, 0.15) is 11.1 Å². The van der Waals surface area contributed by atoms with Crippen LogP contribution in [-0.2, 0) is 16.8 Å². The average Bonchev–Trinajstić information content (AvgIpc) is 2.44. The van der Waals surface area contributed by atoms with Crippen molar-refractivity contribution in [2.45, 2.75) is 12.7 Å². The summed E-state index contributed by atoms with van der Waals surface area (Å²) in [6, 6.07) is 3.73. The second-order valence-electron chi connectivity index (χ2n) is 3.18. The van der Waals surface area contributed by atoms with E-state index < -0.39 is 11.1 Å². The number of hydrogen-bond acceptors (Lipinski definition) is 3. The minimum absolute atomic E-state index is 0.0455. The summed E-state index contributed by atoms with van der Waals surface area (Å²) < 4.78 is 26.2. The van der Waals surface area contributed by atoms with E-state index in [-0.39, 0.29) is 5.75 Å². The smallest absolute Gasteiger partial charge is 0.0983 e. The molecule has 0 N–H and O–H groups in total. The Morgan fingerprint density at radius 3 is 3.00 bits per heavy atom. The lowest BCUT2D eigenvalue weighted by Gasteiger charge is -2.05. The molecule has 4 heteroatoms. The summed E-state index contributed by atoms with van der Waals surface area (Å²) >= 11 is -2.05. The van der Waals surface area contributed by atoms with Crippen LogP contribution in [0.5, 0.6) is 0 Å². The van der Waals surface area contributed by atoms with Crippen molar-refractivity contribution in [1.82, 2.24) is 0 Å². The molecule has 1 heterocycles. The fourth-order valence-electron chi connectivity index (χ4n) is 1.62. The molecule has 0 aromatic rings. The van der Waals surface area contributed by atoms with Gasteiger partial charge in [0.25, 0.3) is 0 Å². The van der Waals surface area contributed by atoms with E-state index in [0.717, 1.165) is 22.3 Å². The molecule has 74 valence electrons. The van der Waals surface area contributed by atoms with Crippen LogP contribution < -0.4 is 0 Å². The highest BCUT2D eigenvalue weighted by Gasteiger charge is 2.12. The molecule has 0 aromatic heterocycles. The fraction of sp³-hybridized carbons (Fsp3) is 0.200. The van der Waals surface area contributed by atoms with Gasteiger partial charge in [-0.3, -0.25) is 4.21 Å². The number of hydrogen-bond donors (Lipinski definition) is 0. The van der Waals surface area contributed by atoms with Crippen LogP contribution >= 0.6 is 0 Å². The standard InChI is InChI=1S/C10H10O3S/c1-7-4-8(6-14(11)12)10-5-13-3-2-9(7)10/h2-5H,6H2,1H3,(H,11,12)/p-1. The lowest BCUT2D eigenvalue weighted by atomic mass is 10.1. The van der Waals surface area contributed by atoms with Gasteiger partial charge in [-0.1, -0.05) is 17.1 Å². The van der Waals surface area contributed by atoms with Crippen molar-refractivity contribution >= 4 is 11.1 Å². The van der Waals surface area contributed by atoms with E-state index in [9.17, 15) is 8.76 Å². The first-order valence-electron chi connectivity index (χ1n) is 4.19. The highest BCUT2D eigenvalue weighted by molar-refractivity contribution is 7.78. The Morgan fingerprint density at radius 1 is 1.50 bits per heavy atom. The van der Waals surface area contributed by atoms with Crippen molar-refractivity contribution in [3.05, 3.63) is 35.8 Å². The molecular weight excluding hydrogens is 200 g/mol. The van der Waals surface area contributed by atoms with E-state index in [4.69, 9.17) is 4.42 Å². The zero-order valence-corrected chi connectivity index (χ0v) is 8.47. The van der Waals surface area contributed by atoms with Gasteiger partial charge in [-0.25, -0.2) is 0 Å². The average molecular weight is 209 g/mol. The van der Waals surface area contributed by atoms with Crippen LogP contribution in [0.25, 0.3) is 11.1 Å². The van der Waals surface area contributed by atoms with Crippen LogP contribution in [0.3, 0.4) is 0 Å². The fourth-order valence-corrected chi connectivity index (χ4v) is 2.12. The summed E-state index contributed by atoms with van der Waals surface area (Å²) in [6.07, 6.45) is 3.18. The second kappa shape index (κ2) is 3.55. The molecular formula is C10H9O3S-. The topological polar surface area (TPSA) is 53.3 Å². The van der Waals surface area contributed by atoms with E-state index in [0.29, 0.717) is 0 Å². The van der Waals surface area contributed by atoms with Gasteiger partial charge in [0.2, 0.25) is 0 Å². The van der Waals surface area contributed by atoms with Crippen LogP contribution in [0.2, 0.25) is 0 Å². The second-order valence-corrected chi connectivity index (χ2v) is 4.08. The third-order valence-electron chi connectivity index (χ3n) is 2.22. The summed E-state index contributed by atoms with van der Waals surface area (Å²) in [5.74, 6) is 0.0455. The van der Waals surface area contributed by atoms with Crippen molar-refractivity contribution in [3.8, 4) is 11.1 Å². The largest absolute Gasteiger partial charge is 0.772 e. The normalized spacial score (nSPS) is 13.3. The Labute approximate surface area is 84.4 Å². The molecule has 0 fully saturated rings. The molecule has 0 amide bonds. The molecule has 0 aromatic carbocycles. The van der Waals surface area contributed by atoms with Gasteiger partial charge >= 0.3 is 0 Å². The molecule has 1 atom stereocenters. The number of aryl methyl sites for hydroxylation is 1. The maximum Gasteiger partial charge on any atom is 0.0983 e. The lowest BCUT2D eigenvalue weighted by molar-refractivity contribution is 0.536. The van der Waals surface area contributed by atoms with Crippen LogP contribution in [0, 0.1) is 6.92 Å². The summed E-state index contributed by atoms with van der Waals surface area (Å²) in [7, 11) is 0. The Balaban J connectivity index is 2.52. The Bertz CT molecular complexity index is 447. The Hall–Kier alpha value is -1.13. The molecule has 0 saturated heterocycles. The van der Waals surface area contributed by atoms with Crippen molar-refractivity contribution in [3.63, 3.8) is 0 Å².